The monoisotopic (exact) mass is 293 g/mol. The molecule has 0 bridgehead atoms. The van der Waals surface area contributed by atoms with Gasteiger partial charge in [0.2, 0.25) is 17.7 Å². The molecule has 1 atom stereocenters. The van der Waals surface area contributed by atoms with Crippen molar-refractivity contribution in [2.75, 3.05) is 18.9 Å². The first kappa shape index (κ1) is 15.2. The molecule has 0 aliphatic heterocycles. The molecule has 0 aromatic carbocycles. The van der Waals surface area contributed by atoms with Crippen molar-refractivity contribution < 1.29 is 13.7 Å². The van der Waals surface area contributed by atoms with Crippen molar-refractivity contribution in [1.29, 1.82) is 0 Å². The molecule has 21 heavy (non-hydrogen) atoms. The second-order valence-corrected chi connectivity index (χ2v) is 4.85. The van der Waals surface area contributed by atoms with Crippen LogP contribution in [0.5, 0.6) is 0 Å². The number of aromatic nitrogens is 3. The Morgan fingerprint density at radius 2 is 2.24 bits per heavy atom. The van der Waals surface area contributed by atoms with Gasteiger partial charge in [-0.3, -0.25) is 9.69 Å². The summed E-state index contributed by atoms with van der Waals surface area (Å²) in [5.41, 5.74) is 0. The van der Waals surface area contributed by atoms with Gasteiger partial charge in [-0.1, -0.05) is 12.1 Å². The number of anilines is 1. The zero-order chi connectivity index (χ0) is 15.4. The standard InChI is InChI=1S/C13H19N5O3/c1-5-12-15-16-13(20-12)9(3)18(4)7-11(19)14-10-6-8(2)21-17-10/h6,9H,5,7H2,1-4H3,(H,14,17,19)/t9-/m1/s1. The zero-order valence-corrected chi connectivity index (χ0v) is 12.6. The highest BCUT2D eigenvalue weighted by molar-refractivity contribution is 5.91. The van der Waals surface area contributed by atoms with E-state index in [2.05, 4.69) is 20.7 Å². The molecule has 0 saturated carbocycles. The molecule has 1 amide bonds. The first-order valence-electron chi connectivity index (χ1n) is 6.75. The summed E-state index contributed by atoms with van der Waals surface area (Å²) in [7, 11) is 1.81. The van der Waals surface area contributed by atoms with Crippen LogP contribution in [-0.2, 0) is 11.2 Å². The lowest BCUT2D eigenvalue weighted by Crippen LogP contribution is -2.32. The molecule has 2 aromatic heterocycles. The van der Waals surface area contributed by atoms with Crippen molar-refractivity contribution in [3.05, 3.63) is 23.6 Å². The normalized spacial score (nSPS) is 12.6. The molecule has 8 nitrogen and oxygen atoms in total. The van der Waals surface area contributed by atoms with Crippen molar-refractivity contribution in [1.82, 2.24) is 20.3 Å². The van der Waals surface area contributed by atoms with Crippen LogP contribution in [0.1, 0.15) is 37.4 Å². The summed E-state index contributed by atoms with van der Waals surface area (Å²) in [6.07, 6.45) is 0.690. The third kappa shape index (κ3) is 3.88. The Morgan fingerprint density at radius 1 is 1.48 bits per heavy atom. The molecule has 0 spiro atoms. The van der Waals surface area contributed by atoms with E-state index in [1.807, 2.05) is 25.8 Å². The fraction of sp³-hybridized carbons (Fsp3) is 0.538. The molecular formula is C13H19N5O3. The van der Waals surface area contributed by atoms with E-state index in [9.17, 15) is 4.79 Å². The molecule has 1 N–H and O–H groups in total. The largest absolute Gasteiger partial charge is 0.424 e. The molecule has 0 unspecified atom stereocenters. The van der Waals surface area contributed by atoms with Crippen molar-refractivity contribution in [2.24, 2.45) is 0 Å². The van der Waals surface area contributed by atoms with Gasteiger partial charge in [0, 0.05) is 12.5 Å². The van der Waals surface area contributed by atoms with Crippen molar-refractivity contribution in [3.8, 4) is 0 Å². The van der Waals surface area contributed by atoms with Crippen LogP contribution in [0.3, 0.4) is 0 Å². The molecule has 114 valence electrons. The van der Waals surface area contributed by atoms with Gasteiger partial charge in [0.05, 0.1) is 12.6 Å². The Labute approximate surface area is 122 Å². The van der Waals surface area contributed by atoms with Gasteiger partial charge >= 0.3 is 0 Å². The Hall–Kier alpha value is -2.22. The Balaban J connectivity index is 1.90. The molecule has 2 rings (SSSR count). The highest BCUT2D eigenvalue weighted by Gasteiger charge is 2.20. The SMILES string of the molecule is CCc1nnc([C@@H](C)N(C)CC(=O)Nc2cc(C)on2)o1. The van der Waals surface area contributed by atoms with Crippen LogP contribution in [-0.4, -0.2) is 39.8 Å². The molecule has 0 radical (unpaired) electrons. The molecular weight excluding hydrogens is 274 g/mol. The number of carbonyl (C=O) groups is 1. The summed E-state index contributed by atoms with van der Waals surface area (Å²) < 4.78 is 10.4. The lowest BCUT2D eigenvalue weighted by Gasteiger charge is -2.20. The van der Waals surface area contributed by atoms with Crippen LogP contribution in [0.15, 0.2) is 15.0 Å². The molecule has 2 aromatic rings. The maximum Gasteiger partial charge on any atom is 0.239 e. The van der Waals surface area contributed by atoms with E-state index in [1.54, 1.807) is 13.0 Å². The van der Waals surface area contributed by atoms with E-state index in [1.165, 1.54) is 0 Å². The number of nitrogens with one attached hydrogen (secondary N) is 1. The van der Waals surface area contributed by atoms with Crippen molar-refractivity contribution in [2.45, 2.75) is 33.2 Å². The van der Waals surface area contributed by atoms with Crippen LogP contribution < -0.4 is 5.32 Å². The average molecular weight is 293 g/mol. The van der Waals surface area contributed by atoms with Crippen LogP contribution >= 0.6 is 0 Å². The lowest BCUT2D eigenvalue weighted by atomic mass is 10.3. The number of carbonyl (C=O) groups excluding carboxylic acids is 1. The van der Waals surface area contributed by atoms with Crippen LogP contribution in [0.4, 0.5) is 5.82 Å². The summed E-state index contributed by atoms with van der Waals surface area (Å²) in [4.78, 5) is 13.7. The second-order valence-electron chi connectivity index (χ2n) is 4.85. The van der Waals surface area contributed by atoms with E-state index in [-0.39, 0.29) is 18.5 Å². The topological polar surface area (TPSA) is 97.3 Å². The second kappa shape index (κ2) is 6.49. The predicted molar refractivity (Wildman–Crippen MR) is 74.6 cm³/mol. The minimum Gasteiger partial charge on any atom is -0.424 e. The first-order valence-corrected chi connectivity index (χ1v) is 6.75. The summed E-state index contributed by atoms with van der Waals surface area (Å²) in [6, 6.07) is 1.51. The third-order valence-electron chi connectivity index (χ3n) is 3.09. The number of hydrogen-bond donors (Lipinski definition) is 1. The molecule has 0 fully saturated rings. The fourth-order valence-electron chi connectivity index (χ4n) is 1.74. The highest BCUT2D eigenvalue weighted by Crippen LogP contribution is 2.17. The van der Waals surface area contributed by atoms with Gasteiger partial charge in [-0.05, 0) is 20.9 Å². The van der Waals surface area contributed by atoms with Gasteiger partial charge in [-0.2, -0.15) is 0 Å². The molecule has 0 saturated heterocycles. The zero-order valence-electron chi connectivity index (χ0n) is 12.6. The molecule has 8 heteroatoms. The van der Waals surface area contributed by atoms with E-state index in [0.717, 1.165) is 0 Å². The smallest absolute Gasteiger partial charge is 0.239 e. The third-order valence-corrected chi connectivity index (χ3v) is 3.09. The van der Waals surface area contributed by atoms with Crippen molar-refractivity contribution in [3.63, 3.8) is 0 Å². The quantitative estimate of drug-likeness (QED) is 0.863. The number of nitrogens with zero attached hydrogens (tertiary/aromatic N) is 4. The summed E-state index contributed by atoms with van der Waals surface area (Å²) >= 11 is 0. The van der Waals surface area contributed by atoms with E-state index in [0.29, 0.717) is 29.8 Å². The molecule has 0 aliphatic carbocycles. The summed E-state index contributed by atoms with van der Waals surface area (Å²) in [5, 5.41) is 14.3. The van der Waals surface area contributed by atoms with E-state index < -0.39 is 0 Å². The summed E-state index contributed by atoms with van der Waals surface area (Å²) in [5.74, 6) is 1.95. The number of amides is 1. The first-order chi connectivity index (χ1) is 9.99. The van der Waals surface area contributed by atoms with Gasteiger partial charge in [0.15, 0.2) is 5.82 Å². The van der Waals surface area contributed by atoms with Crippen molar-refractivity contribution >= 4 is 11.7 Å². The van der Waals surface area contributed by atoms with E-state index >= 15 is 0 Å². The predicted octanol–water partition coefficient (Wildman–Crippen LogP) is 1.56. The van der Waals surface area contributed by atoms with Crippen LogP contribution in [0, 0.1) is 6.92 Å². The Morgan fingerprint density at radius 3 is 2.81 bits per heavy atom. The fourth-order valence-corrected chi connectivity index (χ4v) is 1.74. The average Bonchev–Trinajstić information content (AvgIpc) is 3.06. The minimum absolute atomic E-state index is 0.150. The number of likely N-dealkylation sites (N-methyl/N-ethyl adjacent to an activating group) is 1. The van der Waals surface area contributed by atoms with Crippen LogP contribution in [0.2, 0.25) is 0 Å². The molecule has 0 aliphatic rings. The Kier molecular flexibility index (Phi) is 4.69. The maximum atomic E-state index is 11.9. The molecule has 2 heterocycles. The minimum atomic E-state index is -0.187. The number of aryl methyl sites for hydroxylation is 2. The summed E-state index contributed by atoms with van der Waals surface area (Å²) in [6.45, 7) is 5.79. The van der Waals surface area contributed by atoms with Gasteiger partial charge in [0.25, 0.3) is 0 Å². The van der Waals surface area contributed by atoms with Gasteiger partial charge in [-0.15, -0.1) is 10.2 Å². The number of rotatable bonds is 6. The lowest BCUT2D eigenvalue weighted by molar-refractivity contribution is -0.117. The van der Waals surface area contributed by atoms with E-state index in [4.69, 9.17) is 8.94 Å². The highest BCUT2D eigenvalue weighted by atomic mass is 16.5. The Bertz CT molecular complexity index is 606. The van der Waals surface area contributed by atoms with Gasteiger partial charge in [0.1, 0.15) is 5.76 Å². The van der Waals surface area contributed by atoms with Gasteiger partial charge in [-0.25, -0.2) is 0 Å². The number of hydrogen-bond acceptors (Lipinski definition) is 7. The van der Waals surface area contributed by atoms with Crippen LogP contribution in [0.25, 0.3) is 0 Å². The maximum absolute atomic E-state index is 11.9. The van der Waals surface area contributed by atoms with Gasteiger partial charge < -0.3 is 14.3 Å².